The van der Waals surface area contributed by atoms with E-state index in [9.17, 15) is 14.4 Å². The predicted octanol–water partition coefficient (Wildman–Crippen LogP) is 2.40. The van der Waals surface area contributed by atoms with Crippen molar-refractivity contribution in [2.75, 3.05) is 52.4 Å². The lowest BCUT2D eigenvalue weighted by atomic mass is 9.99. The molecule has 9 nitrogen and oxygen atoms in total. The van der Waals surface area contributed by atoms with E-state index in [0.29, 0.717) is 56.1 Å². The average Bonchev–Trinajstić information content (AvgIpc) is 2.83. The summed E-state index contributed by atoms with van der Waals surface area (Å²) in [5, 5.41) is 2.94. The summed E-state index contributed by atoms with van der Waals surface area (Å²) >= 11 is 0. The molecule has 0 aliphatic carbocycles. The standard InChI is InChI=1S/C25H37N3O6/c1-16-13-28(18(3)29)17(2)15-34-22-7-6-20(26-24(30)19-8-10-33-11-9-19)12-21(22)25(31)27(4)14-23(16)32-5/h6-7,12,16-17,19,23H,8-11,13-15H2,1-5H3,(H,26,30)/t16-,17-,23-/m0/s1. The maximum Gasteiger partial charge on any atom is 0.257 e. The van der Waals surface area contributed by atoms with Gasteiger partial charge in [0.25, 0.3) is 5.91 Å². The number of carbonyl (C=O) groups excluding carboxylic acids is 3. The fourth-order valence-corrected chi connectivity index (χ4v) is 4.50. The van der Waals surface area contributed by atoms with Gasteiger partial charge in [0, 0.05) is 64.9 Å². The minimum absolute atomic E-state index is 0.00981. The van der Waals surface area contributed by atoms with Crippen LogP contribution in [0.1, 0.15) is 44.0 Å². The molecular weight excluding hydrogens is 438 g/mol. The maximum absolute atomic E-state index is 13.4. The fraction of sp³-hybridized carbons (Fsp3) is 0.640. The van der Waals surface area contributed by atoms with Gasteiger partial charge in [-0.25, -0.2) is 0 Å². The summed E-state index contributed by atoms with van der Waals surface area (Å²) in [6.45, 7) is 7.74. The van der Waals surface area contributed by atoms with E-state index >= 15 is 0 Å². The molecule has 0 saturated carbocycles. The topological polar surface area (TPSA) is 97.4 Å². The molecule has 0 unspecified atom stereocenters. The molecule has 9 heteroatoms. The lowest BCUT2D eigenvalue weighted by Crippen LogP contribution is -2.48. The van der Waals surface area contributed by atoms with Gasteiger partial charge in [-0.1, -0.05) is 6.92 Å². The molecule has 0 aromatic heterocycles. The summed E-state index contributed by atoms with van der Waals surface area (Å²) in [7, 11) is 3.34. The number of ether oxygens (including phenoxy) is 3. The van der Waals surface area contributed by atoms with Gasteiger partial charge in [-0.15, -0.1) is 0 Å². The zero-order chi connectivity index (χ0) is 24.8. The Hall–Kier alpha value is -2.65. The highest BCUT2D eigenvalue weighted by Gasteiger charge is 2.29. The molecule has 0 spiro atoms. The number of rotatable bonds is 3. The van der Waals surface area contributed by atoms with E-state index in [-0.39, 0.29) is 48.3 Å². The van der Waals surface area contributed by atoms with E-state index in [1.807, 2.05) is 13.8 Å². The number of amides is 3. The van der Waals surface area contributed by atoms with E-state index in [0.717, 1.165) is 0 Å². The molecule has 2 aliphatic heterocycles. The summed E-state index contributed by atoms with van der Waals surface area (Å²) in [5.41, 5.74) is 0.902. The van der Waals surface area contributed by atoms with Crippen LogP contribution in [0.4, 0.5) is 5.69 Å². The number of hydrogen-bond acceptors (Lipinski definition) is 6. The predicted molar refractivity (Wildman–Crippen MR) is 128 cm³/mol. The second kappa shape index (κ2) is 11.7. The molecular formula is C25H37N3O6. The van der Waals surface area contributed by atoms with E-state index in [1.165, 1.54) is 0 Å². The van der Waals surface area contributed by atoms with Crippen molar-refractivity contribution < 1.29 is 28.6 Å². The Kier molecular flexibility index (Phi) is 8.90. The van der Waals surface area contributed by atoms with Crippen LogP contribution in [0.2, 0.25) is 0 Å². The number of likely N-dealkylation sites (N-methyl/N-ethyl adjacent to an activating group) is 1. The van der Waals surface area contributed by atoms with E-state index in [4.69, 9.17) is 14.2 Å². The van der Waals surface area contributed by atoms with E-state index in [1.54, 1.807) is 49.1 Å². The molecule has 0 bridgehead atoms. The van der Waals surface area contributed by atoms with Crippen molar-refractivity contribution in [2.45, 2.75) is 45.8 Å². The molecule has 1 aromatic rings. The van der Waals surface area contributed by atoms with Gasteiger partial charge >= 0.3 is 0 Å². The smallest absolute Gasteiger partial charge is 0.257 e. The SMILES string of the molecule is CO[C@H]1CN(C)C(=O)c2cc(NC(=O)C3CCOCC3)ccc2OC[C@H](C)N(C(C)=O)C[C@@H]1C. The van der Waals surface area contributed by atoms with Crippen molar-refractivity contribution in [3.05, 3.63) is 23.8 Å². The summed E-state index contributed by atoms with van der Waals surface area (Å²) in [6, 6.07) is 4.91. The first-order valence-electron chi connectivity index (χ1n) is 11.9. The highest BCUT2D eigenvalue weighted by atomic mass is 16.5. The third kappa shape index (κ3) is 6.27. The van der Waals surface area contributed by atoms with Gasteiger partial charge in [-0.2, -0.15) is 0 Å². The number of methoxy groups -OCH3 is 1. The Morgan fingerprint density at radius 1 is 1.15 bits per heavy atom. The van der Waals surface area contributed by atoms with Crippen molar-refractivity contribution in [2.24, 2.45) is 11.8 Å². The van der Waals surface area contributed by atoms with Gasteiger partial charge in [-0.3, -0.25) is 14.4 Å². The zero-order valence-corrected chi connectivity index (χ0v) is 20.8. The number of fused-ring (bicyclic) bond motifs is 1. The lowest BCUT2D eigenvalue weighted by Gasteiger charge is -2.35. The van der Waals surface area contributed by atoms with Crippen LogP contribution in [-0.4, -0.2) is 86.7 Å². The summed E-state index contributed by atoms with van der Waals surface area (Å²) in [4.78, 5) is 41.8. The van der Waals surface area contributed by atoms with Gasteiger partial charge in [0.1, 0.15) is 12.4 Å². The second-order valence-electron chi connectivity index (χ2n) is 9.36. The third-order valence-electron chi connectivity index (χ3n) is 6.71. The van der Waals surface area contributed by atoms with Gasteiger partial charge in [0.2, 0.25) is 11.8 Å². The fourth-order valence-electron chi connectivity index (χ4n) is 4.50. The number of nitrogens with one attached hydrogen (secondary N) is 1. The first kappa shape index (κ1) is 26.0. The van der Waals surface area contributed by atoms with Crippen molar-refractivity contribution in [1.82, 2.24) is 9.80 Å². The largest absolute Gasteiger partial charge is 0.491 e. The molecule has 1 fully saturated rings. The number of anilines is 1. The Balaban J connectivity index is 1.89. The van der Waals surface area contributed by atoms with E-state index in [2.05, 4.69) is 5.32 Å². The molecule has 3 atom stereocenters. The lowest BCUT2D eigenvalue weighted by molar-refractivity contribution is -0.133. The Morgan fingerprint density at radius 3 is 2.50 bits per heavy atom. The van der Waals surface area contributed by atoms with Crippen LogP contribution in [-0.2, 0) is 19.1 Å². The monoisotopic (exact) mass is 475 g/mol. The van der Waals surface area contributed by atoms with Gasteiger partial charge < -0.3 is 29.3 Å². The highest BCUT2D eigenvalue weighted by Crippen LogP contribution is 2.27. The Bertz CT molecular complexity index is 885. The van der Waals surface area contributed by atoms with Gasteiger partial charge in [-0.05, 0) is 38.0 Å². The van der Waals surface area contributed by atoms with Gasteiger partial charge in [0.05, 0.1) is 17.7 Å². The maximum atomic E-state index is 13.4. The second-order valence-corrected chi connectivity index (χ2v) is 9.36. The summed E-state index contributed by atoms with van der Waals surface area (Å²) in [5.74, 6) is -0.00736. The van der Waals surface area contributed by atoms with Crippen molar-refractivity contribution >= 4 is 23.4 Å². The summed E-state index contributed by atoms with van der Waals surface area (Å²) < 4.78 is 17.1. The minimum atomic E-state index is -0.247. The van der Waals surface area contributed by atoms with Crippen LogP contribution in [0.15, 0.2) is 18.2 Å². The minimum Gasteiger partial charge on any atom is -0.491 e. The number of hydrogen-bond donors (Lipinski definition) is 1. The molecule has 1 aromatic carbocycles. The molecule has 2 aliphatic rings. The highest BCUT2D eigenvalue weighted by molar-refractivity contribution is 5.99. The molecule has 188 valence electrons. The van der Waals surface area contributed by atoms with Gasteiger partial charge in [0.15, 0.2) is 0 Å². The normalized spacial score (nSPS) is 25.0. The zero-order valence-electron chi connectivity index (χ0n) is 20.8. The van der Waals surface area contributed by atoms with Crippen molar-refractivity contribution in [3.8, 4) is 5.75 Å². The van der Waals surface area contributed by atoms with Crippen molar-refractivity contribution in [3.63, 3.8) is 0 Å². The van der Waals surface area contributed by atoms with Crippen LogP contribution >= 0.6 is 0 Å². The van der Waals surface area contributed by atoms with Crippen LogP contribution in [0, 0.1) is 11.8 Å². The van der Waals surface area contributed by atoms with Crippen LogP contribution in [0.25, 0.3) is 0 Å². The van der Waals surface area contributed by atoms with Crippen LogP contribution < -0.4 is 10.1 Å². The molecule has 1 N–H and O–H groups in total. The average molecular weight is 476 g/mol. The number of carbonyl (C=O) groups is 3. The molecule has 0 radical (unpaired) electrons. The summed E-state index contributed by atoms with van der Waals surface area (Å²) in [6.07, 6.45) is 1.12. The molecule has 3 rings (SSSR count). The first-order chi connectivity index (χ1) is 16.2. The Morgan fingerprint density at radius 2 is 1.85 bits per heavy atom. The Labute approximate surface area is 201 Å². The van der Waals surface area contributed by atoms with Crippen LogP contribution in [0.5, 0.6) is 5.75 Å². The number of benzene rings is 1. The molecule has 2 heterocycles. The van der Waals surface area contributed by atoms with Crippen LogP contribution in [0.3, 0.4) is 0 Å². The van der Waals surface area contributed by atoms with E-state index < -0.39 is 0 Å². The quantitative estimate of drug-likeness (QED) is 0.721. The molecule has 3 amide bonds. The first-order valence-corrected chi connectivity index (χ1v) is 11.9. The number of nitrogens with zero attached hydrogens (tertiary/aromatic N) is 2. The third-order valence-corrected chi connectivity index (χ3v) is 6.71. The molecule has 1 saturated heterocycles. The van der Waals surface area contributed by atoms with Crippen molar-refractivity contribution in [1.29, 1.82) is 0 Å². The molecule has 34 heavy (non-hydrogen) atoms.